The largest absolute Gasteiger partial charge is 0.357 e. The number of alkyl halides is 1. The number of rotatable bonds is 1. The van der Waals surface area contributed by atoms with Gasteiger partial charge in [0.2, 0.25) is 0 Å². The molecule has 0 N–H and O–H groups in total. The summed E-state index contributed by atoms with van der Waals surface area (Å²) in [5.41, 5.74) is -1.23. The topological polar surface area (TPSA) is 40.6 Å². The normalized spacial score (nSPS) is 30.3. The maximum Gasteiger partial charge on any atom is 0.357 e. The highest BCUT2D eigenvalue weighted by atomic mass is 35.5. The van der Waals surface area contributed by atoms with Gasteiger partial charge < -0.3 is 0 Å². The Morgan fingerprint density at radius 2 is 1.92 bits per heavy atom. The third kappa shape index (κ3) is 1.06. The maximum atomic E-state index is 11.2. The van der Waals surface area contributed by atoms with Gasteiger partial charge in [-0.3, -0.25) is 4.79 Å². The van der Waals surface area contributed by atoms with Crippen molar-refractivity contribution in [3.63, 3.8) is 0 Å². The lowest BCUT2D eigenvalue weighted by Gasteiger charge is -2.21. The van der Waals surface area contributed by atoms with Gasteiger partial charge >= 0.3 is 6.03 Å². The Morgan fingerprint density at radius 3 is 2.08 bits per heavy atom. The molecule has 1 unspecified atom stereocenters. The number of hydrogen-bond acceptors (Lipinski definition) is 2. The second kappa shape index (κ2) is 2.94. The fourth-order valence-electron chi connectivity index (χ4n) is 0.780. The molecule has 0 spiro atoms. The monoisotopic (exact) mass is 230 g/mol. The van der Waals surface area contributed by atoms with Crippen LogP contribution in [0.3, 0.4) is 0 Å². The van der Waals surface area contributed by atoms with Crippen LogP contribution < -0.4 is 0 Å². The molecule has 68 valence electrons. The van der Waals surface area contributed by atoms with Crippen molar-refractivity contribution >= 4 is 47.1 Å². The Labute approximate surface area is 84.2 Å². The van der Waals surface area contributed by atoms with E-state index in [4.69, 9.17) is 35.2 Å². The van der Waals surface area contributed by atoms with Crippen LogP contribution in [0.4, 0.5) is 4.79 Å². The zero-order valence-electron chi connectivity index (χ0n) is 6.05. The fourth-order valence-corrected chi connectivity index (χ4v) is 1.58. The van der Waals surface area contributed by atoms with Gasteiger partial charge in [0.25, 0.3) is 5.91 Å². The SMILES string of the molecule is CC1(CCl)C(=O)N(Cl)C(=O)N1Cl. The summed E-state index contributed by atoms with van der Waals surface area (Å²) in [6, 6.07) is -0.772. The van der Waals surface area contributed by atoms with Gasteiger partial charge in [-0.2, -0.15) is 4.42 Å². The maximum absolute atomic E-state index is 11.2. The highest BCUT2D eigenvalue weighted by molar-refractivity contribution is 6.40. The average molecular weight is 231 g/mol. The van der Waals surface area contributed by atoms with E-state index in [2.05, 4.69) is 0 Å². The van der Waals surface area contributed by atoms with Crippen molar-refractivity contribution in [1.29, 1.82) is 0 Å². The Hall–Kier alpha value is -0.190. The second-order valence-corrected chi connectivity index (χ2v) is 3.50. The molecule has 4 nitrogen and oxygen atoms in total. The quantitative estimate of drug-likeness (QED) is 0.390. The lowest BCUT2D eigenvalue weighted by atomic mass is 10.1. The van der Waals surface area contributed by atoms with Crippen molar-refractivity contribution in [3.8, 4) is 0 Å². The molecule has 0 radical (unpaired) electrons. The zero-order valence-corrected chi connectivity index (χ0v) is 8.32. The molecule has 0 aromatic heterocycles. The molecule has 1 rings (SSSR count). The molecule has 0 aliphatic carbocycles. The Bertz CT molecular complexity index is 247. The molecule has 1 heterocycles. The third-order valence-corrected chi connectivity index (χ3v) is 3.00. The van der Waals surface area contributed by atoms with Crippen LogP contribution in [-0.4, -0.2) is 32.2 Å². The smallest absolute Gasteiger partial charge is 0.270 e. The highest BCUT2D eigenvalue weighted by Crippen LogP contribution is 2.31. The number of carbonyl (C=O) groups is 2. The first-order chi connectivity index (χ1) is 5.45. The van der Waals surface area contributed by atoms with E-state index in [0.29, 0.717) is 8.84 Å². The van der Waals surface area contributed by atoms with Crippen LogP contribution in [0.25, 0.3) is 0 Å². The van der Waals surface area contributed by atoms with E-state index in [1.54, 1.807) is 0 Å². The minimum Gasteiger partial charge on any atom is -0.270 e. The number of carbonyl (C=O) groups excluding carboxylic acids is 2. The summed E-state index contributed by atoms with van der Waals surface area (Å²) in [6.07, 6.45) is 0. The molecular formula is C5H5Cl3N2O2. The van der Waals surface area contributed by atoms with Gasteiger partial charge in [0.05, 0.1) is 5.88 Å². The number of urea groups is 1. The molecule has 0 aromatic carbocycles. The first kappa shape index (κ1) is 9.89. The minimum absolute atomic E-state index is 0.0930. The number of imide groups is 1. The first-order valence-electron chi connectivity index (χ1n) is 3.01. The van der Waals surface area contributed by atoms with Gasteiger partial charge in [0.15, 0.2) is 5.54 Å². The van der Waals surface area contributed by atoms with E-state index in [9.17, 15) is 9.59 Å². The van der Waals surface area contributed by atoms with E-state index in [1.807, 2.05) is 0 Å². The van der Waals surface area contributed by atoms with E-state index in [0.717, 1.165) is 0 Å². The molecule has 0 bridgehead atoms. The van der Waals surface area contributed by atoms with Gasteiger partial charge in [0, 0.05) is 23.6 Å². The molecule has 3 amide bonds. The Balaban J connectivity index is 3.06. The van der Waals surface area contributed by atoms with E-state index < -0.39 is 17.5 Å². The zero-order chi connectivity index (χ0) is 9.52. The summed E-state index contributed by atoms with van der Waals surface area (Å²) in [7, 11) is 0. The van der Waals surface area contributed by atoms with Crippen LogP contribution in [0, 0.1) is 0 Å². The van der Waals surface area contributed by atoms with Gasteiger partial charge in [0.1, 0.15) is 0 Å². The molecule has 0 saturated carbocycles. The standard InChI is InChI=1S/C5H5Cl3N2O2/c1-5(2-6)3(11)9(7)4(12)10(5)8/h2H2,1H3. The van der Waals surface area contributed by atoms with Crippen molar-refractivity contribution in [2.45, 2.75) is 12.5 Å². The second-order valence-electron chi connectivity index (χ2n) is 2.56. The predicted molar refractivity (Wildman–Crippen MR) is 44.9 cm³/mol. The lowest BCUT2D eigenvalue weighted by Crippen LogP contribution is -2.43. The van der Waals surface area contributed by atoms with Crippen molar-refractivity contribution in [1.82, 2.24) is 8.84 Å². The van der Waals surface area contributed by atoms with E-state index >= 15 is 0 Å². The van der Waals surface area contributed by atoms with Crippen LogP contribution in [0.2, 0.25) is 0 Å². The molecule has 1 atom stereocenters. The van der Waals surface area contributed by atoms with Crippen molar-refractivity contribution in [2.24, 2.45) is 0 Å². The highest BCUT2D eigenvalue weighted by Gasteiger charge is 2.53. The molecule has 1 fully saturated rings. The van der Waals surface area contributed by atoms with Gasteiger partial charge in [-0.1, -0.05) is 0 Å². The number of hydrogen-bond donors (Lipinski definition) is 0. The Morgan fingerprint density at radius 1 is 1.42 bits per heavy atom. The Kier molecular flexibility index (Phi) is 2.42. The average Bonchev–Trinajstić information content (AvgIpc) is 2.22. The van der Waals surface area contributed by atoms with Crippen LogP contribution in [-0.2, 0) is 4.79 Å². The fraction of sp³-hybridized carbons (Fsp3) is 0.600. The molecular weight excluding hydrogens is 226 g/mol. The molecule has 1 saturated heterocycles. The summed E-state index contributed by atoms with van der Waals surface area (Å²) in [5.74, 6) is -0.705. The van der Waals surface area contributed by atoms with E-state index in [-0.39, 0.29) is 5.88 Å². The molecule has 1 aliphatic heterocycles. The van der Waals surface area contributed by atoms with Gasteiger partial charge in [-0.25, -0.2) is 9.21 Å². The molecule has 12 heavy (non-hydrogen) atoms. The van der Waals surface area contributed by atoms with Crippen molar-refractivity contribution in [2.75, 3.05) is 5.88 Å². The van der Waals surface area contributed by atoms with Crippen LogP contribution >= 0.6 is 35.2 Å². The van der Waals surface area contributed by atoms with Crippen LogP contribution in [0.1, 0.15) is 6.92 Å². The van der Waals surface area contributed by atoms with Gasteiger partial charge in [-0.05, 0) is 6.92 Å². The molecule has 1 aliphatic rings. The van der Waals surface area contributed by atoms with Gasteiger partial charge in [-0.15, -0.1) is 11.6 Å². The summed E-state index contributed by atoms with van der Waals surface area (Å²) in [4.78, 5) is 22.2. The summed E-state index contributed by atoms with van der Waals surface area (Å²) >= 11 is 16.3. The summed E-state index contributed by atoms with van der Waals surface area (Å²) in [6.45, 7) is 1.44. The third-order valence-electron chi connectivity index (χ3n) is 1.67. The predicted octanol–water partition coefficient (Wildman–Crippen LogP) is 1.56. The summed E-state index contributed by atoms with van der Waals surface area (Å²) < 4.78 is 1.13. The number of nitrogens with zero attached hydrogens (tertiary/aromatic N) is 2. The first-order valence-corrected chi connectivity index (χ1v) is 4.22. The lowest BCUT2D eigenvalue weighted by molar-refractivity contribution is -0.127. The van der Waals surface area contributed by atoms with Crippen LogP contribution in [0.15, 0.2) is 0 Å². The summed E-state index contributed by atoms with van der Waals surface area (Å²) in [5, 5.41) is 0. The molecule has 7 heteroatoms. The van der Waals surface area contributed by atoms with E-state index in [1.165, 1.54) is 6.92 Å². The van der Waals surface area contributed by atoms with Crippen molar-refractivity contribution < 1.29 is 9.59 Å². The van der Waals surface area contributed by atoms with Crippen LogP contribution in [0.5, 0.6) is 0 Å². The number of halogens is 3. The molecule has 0 aromatic rings. The minimum atomic E-state index is -1.23. The van der Waals surface area contributed by atoms with Crippen molar-refractivity contribution in [3.05, 3.63) is 0 Å². The number of amides is 3.